The fourth-order valence-corrected chi connectivity index (χ4v) is 2.25. The van der Waals surface area contributed by atoms with Gasteiger partial charge in [-0.3, -0.25) is 0 Å². The van der Waals surface area contributed by atoms with Gasteiger partial charge in [0.25, 0.3) is 0 Å². The van der Waals surface area contributed by atoms with Gasteiger partial charge in [0.2, 0.25) is 0 Å². The second-order valence-corrected chi connectivity index (χ2v) is 5.03. The van der Waals surface area contributed by atoms with E-state index in [1.807, 2.05) is 6.92 Å². The molecule has 0 fully saturated rings. The van der Waals surface area contributed by atoms with Crippen LogP contribution in [0.3, 0.4) is 0 Å². The maximum atomic E-state index is 12.5. The molecule has 0 aliphatic heterocycles. The van der Waals surface area contributed by atoms with E-state index in [9.17, 15) is 13.2 Å². The zero-order chi connectivity index (χ0) is 13.9. The first-order chi connectivity index (χ1) is 8.99. The molecule has 2 aromatic rings. The fraction of sp³-hybridized carbons (Fsp3) is 0.333. The Labute approximate surface area is 112 Å². The van der Waals surface area contributed by atoms with Crippen molar-refractivity contribution in [3.05, 3.63) is 40.0 Å². The minimum atomic E-state index is -4.42. The van der Waals surface area contributed by atoms with Gasteiger partial charge in [-0.2, -0.15) is 13.2 Å². The molecule has 1 N–H and O–H groups in total. The molecule has 102 valence electrons. The van der Waals surface area contributed by atoms with Crippen LogP contribution in [0.5, 0.6) is 0 Å². The van der Waals surface area contributed by atoms with Gasteiger partial charge in [0.05, 0.1) is 6.54 Å². The Bertz CT molecular complexity index is 551. The van der Waals surface area contributed by atoms with Gasteiger partial charge in [-0.25, -0.2) is 9.97 Å². The predicted molar refractivity (Wildman–Crippen MR) is 68.1 cm³/mol. The Hall–Kier alpha value is -1.63. The highest BCUT2D eigenvalue weighted by molar-refractivity contribution is 7.11. The van der Waals surface area contributed by atoms with Crippen LogP contribution in [0, 0.1) is 0 Å². The van der Waals surface area contributed by atoms with E-state index in [2.05, 4.69) is 15.3 Å². The smallest absolute Gasteiger partial charge is 0.364 e. The van der Waals surface area contributed by atoms with E-state index in [0.29, 0.717) is 6.54 Å². The number of anilines is 1. The summed E-state index contributed by atoms with van der Waals surface area (Å²) < 4.78 is 37.4. The van der Waals surface area contributed by atoms with Crippen molar-refractivity contribution in [3.8, 4) is 0 Å². The van der Waals surface area contributed by atoms with E-state index in [-0.39, 0.29) is 5.82 Å². The summed E-state index contributed by atoms with van der Waals surface area (Å²) in [5, 5.41) is 3.68. The van der Waals surface area contributed by atoms with Crippen molar-refractivity contribution in [2.24, 2.45) is 0 Å². The van der Waals surface area contributed by atoms with E-state index in [0.717, 1.165) is 22.4 Å². The first-order valence-electron chi connectivity index (χ1n) is 5.70. The summed E-state index contributed by atoms with van der Waals surface area (Å²) in [6.45, 7) is 2.40. The molecular weight excluding hydrogens is 275 g/mol. The zero-order valence-corrected chi connectivity index (χ0v) is 11.0. The third kappa shape index (κ3) is 3.66. The number of aromatic nitrogens is 2. The third-order valence-corrected chi connectivity index (χ3v) is 3.55. The molecule has 0 amide bonds. The van der Waals surface area contributed by atoms with Crippen LogP contribution in [-0.2, 0) is 19.1 Å². The minimum Gasteiger partial charge on any atom is -0.364 e. The maximum Gasteiger partial charge on any atom is 0.433 e. The molecule has 0 atom stereocenters. The summed E-state index contributed by atoms with van der Waals surface area (Å²) >= 11 is 1.54. The SMILES string of the molecule is CCc1cnc(CNc2cccc(C(F)(F)F)n2)s1. The van der Waals surface area contributed by atoms with Crippen LogP contribution in [0.15, 0.2) is 24.4 Å². The standard InChI is InChI=1S/C12H12F3N3S/c1-2-8-6-17-11(19-8)7-16-10-5-3-4-9(18-10)12(13,14)15/h3-6H,2,7H2,1H3,(H,16,18). The zero-order valence-electron chi connectivity index (χ0n) is 10.2. The Balaban J connectivity index is 2.03. The molecule has 0 saturated carbocycles. The molecule has 2 aromatic heterocycles. The van der Waals surface area contributed by atoms with Crippen molar-refractivity contribution in [1.82, 2.24) is 9.97 Å². The average Bonchev–Trinajstić information content (AvgIpc) is 2.84. The van der Waals surface area contributed by atoms with Gasteiger partial charge in [-0.1, -0.05) is 13.0 Å². The largest absolute Gasteiger partial charge is 0.433 e. The van der Waals surface area contributed by atoms with E-state index in [1.165, 1.54) is 23.5 Å². The fourth-order valence-electron chi connectivity index (χ4n) is 1.45. The summed E-state index contributed by atoms with van der Waals surface area (Å²) in [7, 11) is 0. The molecule has 0 radical (unpaired) electrons. The van der Waals surface area contributed by atoms with Crippen molar-refractivity contribution < 1.29 is 13.2 Å². The Morgan fingerprint density at radius 2 is 2.11 bits per heavy atom. The molecule has 3 nitrogen and oxygen atoms in total. The van der Waals surface area contributed by atoms with Gasteiger partial charge < -0.3 is 5.32 Å². The van der Waals surface area contributed by atoms with Crippen LogP contribution < -0.4 is 5.32 Å². The molecule has 2 heterocycles. The normalized spacial score (nSPS) is 11.6. The van der Waals surface area contributed by atoms with E-state index in [4.69, 9.17) is 0 Å². The summed E-state index contributed by atoms with van der Waals surface area (Å²) in [4.78, 5) is 8.85. The number of hydrogen-bond acceptors (Lipinski definition) is 4. The van der Waals surface area contributed by atoms with Crippen LogP contribution >= 0.6 is 11.3 Å². The highest BCUT2D eigenvalue weighted by Gasteiger charge is 2.32. The lowest BCUT2D eigenvalue weighted by Gasteiger charge is -2.08. The summed E-state index contributed by atoms with van der Waals surface area (Å²) in [5.41, 5.74) is -0.897. The van der Waals surface area contributed by atoms with Crippen molar-refractivity contribution >= 4 is 17.2 Å². The number of rotatable bonds is 4. The lowest BCUT2D eigenvalue weighted by atomic mass is 10.3. The topological polar surface area (TPSA) is 37.8 Å². The van der Waals surface area contributed by atoms with Gasteiger partial charge in [0.1, 0.15) is 16.5 Å². The molecule has 0 spiro atoms. The molecule has 0 aliphatic carbocycles. The van der Waals surface area contributed by atoms with Crippen molar-refractivity contribution in [1.29, 1.82) is 0 Å². The van der Waals surface area contributed by atoms with E-state index < -0.39 is 11.9 Å². The van der Waals surface area contributed by atoms with Gasteiger partial charge in [0, 0.05) is 11.1 Å². The van der Waals surface area contributed by atoms with Crippen LogP contribution in [0.1, 0.15) is 22.5 Å². The molecule has 0 saturated heterocycles. The number of nitrogens with zero attached hydrogens (tertiary/aromatic N) is 2. The molecule has 2 rings (SSSR count). The number of halogens is 3. The quantitative estimate of drug-likeness (QED) is 0.931. The predicted octanol–water partition coefficient (Wildman–Crippen LogP) is 3.73. The summed E-state index contributed by atoms with van der Waals surface area (Å²) in [5.74, 6) is 0.197. The van der Waals surface area contributed by atoms with Crippen LogP contribution in [-0.4, -0.2) is 9.97 Å². The number of aryl methyl sites for hydroxylation is 1. The Morgan fingerprint density at radius 1 is 1.32 bits per heavy atom. The van der Waals surface area contributed by atoms with Gasteiger partial charge >= 0.3 is 6.18 Å². The second-order valence-electron chi connectivity index (χ2n) is 3.83. The Kier molecular flexibility index (Phi) is 4.04. The van der Waals surface area contributed by atoms with Crippen molar-refractivity contribution in [2.75, 3.05) is 5.32 Å². The lowest BCUT2D eigenvalue weighted by Crippen LogP contribution is -2.10. The van der Waals surface area contributed by atoms with Crippen LogP contribution in [0.2, 0.25) is 0 Å². The molecule has 19 heavy (non-hydrogen) atoms. The monoisotopic (exact) mass is 287 g/mol. The lowest BCUT2D eigenvalue weighted by molar-refractivity contribution is -0.141. The van der Waals surface area contributed by atoms with Crippen molar-refractivity contribution in [3.63, 3.8) is 0 Å². The number of nitrogens with one attached hydrogen (secondary N) is 1. The number of hydrogen-bond donors (Lipinski definition) is 1. The second kappa shape index (κ2) is 5.56. The van der Waals surface area contributed by atoms with Crippen LogP contribution in [0.25, 0.3) is 0 Å². The van der Waals surface area contributed by atoms with Gasteiger partial charge in [-0.15, -0.1) is 11.3 Å². The number of pyridine rings is 1. The van der Waals surface area contributed by atoms with Gasteiger partial charge in [-0.05, 0) is 18.6 Å². The summed E-state index contributed by atoms with van der Waals surface area (Å²) in [6, 6.07) is 3.78. The molecule has 7 heteroatoms. The Morgan fingerprint density at radius 3 is 2.74 bits per heavy atom. The first-order valence-corrected chi connectivity index (χ1v) is 6.52. The molecule has 0 aliphatic rings. The number of alkyl halides is 3. The third-order valence-electron chi connectivity index (χ3n) is 2.41. The van der Waals surface area contributed by atoms with E-state index in [1.54, 1.807) is 6.20 Å². The highest BCUT2D eigenvalue weighted by Crippen LogP contribution is 2.28. The number of thiazole rings is 1. The van der Waals surface area contributed by atoms with E-state index >= 15 is 0 Å². The van der Waals surface area contributed by atoms with Gasteiger partial charge in [0.15, 0.2) is 0 Å². The molecule has 0 unspecified atom stereocenters. The molecule has 0 bridgehead atoms. The summed E-state index contributed by atoms with van der Waals surface area (Å²) in [6.07, 6.45) is -1.74. The molecular formula is C12H12F3N3S. The van der Waals surface area contributed by atoms with Crippen molar-refractivity contribution in [2.45, 2.75) is 26.1 Å². The minimum absolute atomic E-state index is 0.197. The maximum absolute atomic E-state index is 12.5. The highest BCUT2D eigenvalue weighted by atomic mass is 32.1. The molecule has 0 aromatic carbocycles. The first kappa shape index (κ1) is 13.8. The average molecular weight is 287 g/mol. The van der Waals surface area contributed by atoms with Crippen LogP contribution in [0.4, 0.5) is 19.0 Å².